The molecule has 1 unspecified atom stereocenters. The lowest BCUT2D eigenvalue weighted by Crippen LogP contribution is -2.43. The molecule has 0 bridgehead atoms. The first-order valence-electron chi connectivity index (χ1n) is 8.12. The van der Waals surface area contributed by atoms with Crippen LogP contribution in [0.25, 0.3) is 0 Å². The summed E-state index contributed by atoms with van der Waals surface area (Å²) in [4.78, 5) is 23.4. The zero-order chi connectivity index (χ0) is 16.0. The highest BCUT2D eigenvalue weighted by atomic mass is 19.3. The van der Waals surface area contributed by atoms with Gasteiger partial charge in [0.2, 0.25) is 11.8 Å². The summed E-state index contributed by atoms with van der Waals surface area (Å²) in [5.74, 6) is -2.76. The van der Waals surface area contributed by atoms with Gasteiger partial charge in [-0.15, -0.1) is 0 Å². The largest absolute Gasteiger partial charge is 0.354 e. The first-order valence-corrected chi connectivity index (χ1v) is 8.12. The van der Waals surface area contributed by atoms with E-state index in [0.29, 0.717) is 18.9 Å². The van der Waals surface area contributed by atoms with Crippen molar-refractivity contribution in [1.82, 2.24) is 16.0 Å². The Morgan fingerprint density at radius 2 is 1.77 bits per heavy atom. The van der Waals surface area contributed by atoms with Crippen LogP contribution in [0.4, 0.5) is 8.78 Å². The number of carbonyl (C=O) groups is 2. The molecule has 5 nitrogen and oxygen atoms in total. The zero-order valence-electron chi connectivity index (χ0n) is 12.8. The minimum atomic E-state index is -2.81. The number of carbonyl (C=O) groups excluding carboxylic acids is 2. The molecule has 2 fully saturated rings. The first-order chi connectivity index (χ1) is 10.5. The number of alkyl halides is 2. The highest BCUT2D eigenvalue weighted by molar-refractivity contribution is 5.82. The highest BCUT2D eigenvalue weighted by Crippen LogP contribution is 2.26. The Hall–Kier alpha value is -1.24. The topological polar surface area (TPSA) is 70.2 Å². The van der Waals surface area contributed by atoms with E-state index in [1.807, 2.05) is 0 Å². The van der Waals surface area contributed by atoms with Crippen molar-refractivity contribution in [3.8, 4) is 0 Å². The van der Waals surface area contributed by atoms with E-state index in [4.69, 9.17) is 0 Å². The van der Waals surface area contributed by atoms with Gasteiger partial charge in [0, 0.05) is 25.9 Å². The van der Waals surface area contributed by atoms with E-state index in [2.05, 4.69) is 16.0 Å². The molecule has 0 radical (unpaired) electrons. The van der Waals surface area contributed by atoms with Gasteiger partial charge in [-0.05, 0) is 18.8 Å². The third kappa shape index (κ3) is 5.51. The molecule has 0 aromatic heterocycles. The Morgan fingerprint density at radius 3 is 2.41 bits per heavy atom. The lowest BCUT2D eigenvalue weighted by atomic mass is 9.87. The molecule has 7 heteroatoms. The maximum Gasteiger partial charge on any atom is 0.262 e. The molecular formula is C15H25F2N3O2. The Morgan fingerprint density at radius 1 is 1.09 bits per heavy atom. The van der Waals surface area contributed by atoms with Crippen molar-refractivity contribution in [2.45, 2.75) is 56.9 Å². The third-order valence-electron chi connectivity index (χ3n) is 4.37. The standard InChI is InChI=1S/C15H25F2N3O2/c16-15(17)9-12(20-10-15)14(22)19-7-6-18-13(21)8-11-4-2-1-3-5-11/h11-12,20H,1-10H2,(H,18,21)(H,19,22). The van der Waals surface area contributed by atoms with Gasteiger partial charge < -0.3 is 10.6 Å². The fourth-order valence-electron chi connectivity index (χ4n) is 3.14. The lowest BCUT2D eigenvalue weighted by molar-refractivity contribution is -0.124. The van der Waals surface area contributed by atoms with Crippen molar-refractivity contribution in [3.63, 3.8) is 0 Å². The SMILES string of the molecule is O=C(CC1CCCCC1)NCCNC(=O)C1CC(F)(F)CN1. The van der Waals surface area contributed by atoms with Crippen LogP contribution in [0.5, 0.6) is 0 Å². The molecule has 1 saturated carbocycles. The van der Waals surface area contributed by atoms with Crippen molar-refractivity contribution >= 4 is 11.8 Å². The second-order valence-electron chi connectivity index (χ2n) is 6.34. The molecule has 126 valence electrons. The van der Waals surface area contributed by atoms with Gasteiger partial charge in [-0.3, -0.25) is 14.9 Å². The van der Waals surface area contributed by atoms with Crippen LogP contribution in [0, 0.1) is 5.92 Å². The van der Waals surface area contributed by atoms with Crippen LogP contribution < -0.4 is 16.0 Å². The molecule has 0 spiro atoms. The molecule has 1 saturated heterocycles. The molecule has 2 rings (SSSR count). The van der Waals surface area contributed by atoms with Crippen LogP contribution in [-0.4, -0.2) is 43.4 Å². The number of amides is 2. The summed E-state index contributed by atoms with van der Waals surface area (Å²) in [6, 6.07) is -0.840. The summed E-state index contributed by atoms with van der Waals surface area (Å²) in [6.07, 6.45) is 5.98. The van der Waals surface area contributed by atoms with Crippen LogP contribution in [0.2, 0.25) is 0 Å². The molecule has 0 aromatic carbocycles. The van der Waals surface area contributed by atoms with Gasteiger partial charge in [0.15, 0.2) is 0 Å². The molecule has 0 aromatic rings. The van der Waals surface area contributed by atoms with Crippen LogP contribution in [0.1, 0.15) is 44.9 Å². The lowest BCUT2D eigenvalue weighted by Gasteiger charge is -2.20. The van der Waals surface area contributed by atoms with Crippen molar-refractivity contribution in [2.24, 2.45) is 5.92 Å². The molecule has 2 amide bonds. The monoisotopic (exact) mass is 317 g/mol. The number of hydrogen-bond donors (Lipinski definition) is 3. The zero-order valence-corrected chi connectivity index (χ0v) is 12.8. The average molecular weight is 317 g/mol. The van der Waals surface area contributed by atoms with Gasteiger partial charge in [-0.2, -0.15) is 0 Å². The summed E-state index contributed by atoms with van der Waals surface area (Å²) >= 11 is 0. The molecule has 1 heterocycles. The van der Waals surface area contributed by atoms with Crippen LogP contribution in [0.3, 0.4) is 0 Å². The summed E-state index contributed by atoms with van der Waals surface area (Å²) < 4.78 is 25.9. The van der Waals surface area contributed by atoms with Crippen LogP contribution in [0.15, 0.2) is 0 Å². The van der Waals surface area contributed by atoms with Crippen molar-refractivity contribution in [2.75, 3.05) is 19.6 Å². The Bertz CT molecular complexity index is 398. The summed E-state index contributed by atoms with van der Waals surface area (Å²) in [7, 11) is 0. The normalized spacial score (nSPS) is 24.9. The quantitative estimate of drug-likeness (QED) is 0.645. The van der Waals surface area contributed by atoms with E-state index in [1.54, 1.807) is 0 Å². The van der Waals surface area contributed by atoms with Gasteiger partial charge in [0.1, 0.15) is 0 Å². The molecule has 1 atom stereocenters. The van der Waals surface area contributed by atoms with Gasteiger partial charge in [-0.1, -0.05) is 19.3 Å². The number of rotatable bonds is 6. The third-order valence-corrected chi connectivity index (χ3v) is 4.37. The molecule has 3 N–H and O–H groups in total. The minimum Gasteiger partial charge on any atom is -0.354 e. The van der Waals surface area contributed by atoms with E-state index < -0.39 is 30.8 Å². The van der Waals surface area contributed by atoms with Crippen molar-refractivity contribution in [3.05, 3.63) is 0 Å². The smallest absolute Gasteiger partial charge is 0.262 e. The highest BCUT2D eigenvalue weighted by Gasteiger charge is 2.42. The predicted molar refractivity (Wildman–Crippen MR) is 78.6 cm³/mol. The van der Waals surface area contributed by atoms with Crippen LogP contribution >= 0.6 is 0 Å². The van der Waals surface area contributed by atoms with E-state index in [1.165, 1.54) is 19.3 Å². The van der Waals surface area contributed by atoms with Gasteiger partial charge in [-0.25, -0.2) is 8.78 Å². The van der Waals surface area contributed by atoms with Crippen LogP contribution in [-0.2, 0) is 9.59 Å². The van der Waals surface area contributed by atoms with Gasteiger partial charge in [0.05, 0.1) is 12.6 Å². The van der Waals surface area contributed by atoms with Crippen molar-refractivity contribution < 1.29 is 18.4 Å². The predicted octanol–water partition coefficient (Wildman–Crippen LogP) is 1.19. The Labute approximate surface area is 129 Å². The molecular weight excluding hydrogens is 292 g/mol. The molecule has 22 heavy (non-hydrogen) atoms. The maximum atomic E-state index is 13.0. The average Bonchev–Trinajstić information content (AvgIpc) is 2.85. The number of halogens is 2. The summed E-state index contributed by atoms with van der Waals surface area (Å²) in [6.45, 7) is 0.141. The summed E-state index contributed by atoms with van der Waals surface area (Å²) in [5, 5.41) is 7.84. The minimum absolute atomic E-state index is 0.00618. The van der Waals surface area contributed by atoms with E-state index in [9.17, 15) is 18.4 Å². The van der Waals surface area contributed by atoms with E-state index in [0.717, 1.165) is 12.8 Å². The molecule has 1 aliphatic carbocycles. The Balaban J connectivity index is 1.55. The second-order valence-corrected chi connectivity index (χ2v) is 6.34. The summed E-state index contributed by atoms with van der Waals surface area (Å²) in [5.41, 5.74) is 0. The van der Waals surface area contributed by atoms with E-state index in [-0.39, 0.29) is 12.5 Å². The number of nitrogens with one attached hydrogen (secondary N) is 3. The fraction of sp³-hybridized carbons (Fsp3) is 0.867. The fourth-order valence-corrected chi connectivity index (χ4v) is 3.14. The maximum absolute atomic E-state index is 13.0. The number of hydrogen-bond acceptors (Lipinski definition) is 3. The Kier molecular flexibility index (Phi) is 6.11. The second kappa shape index (κ2) is 7.85. The van der Waals surface area contributed by atoms with Gasteiger partial charge in [0.25, 0.3) is 5.92 Å². The van der Waals surface area contributed by atoms with Gasteiger partial charge >= 0.3 is 0 Å². The van der Waals surface area contributed by atoms with Crippen molar-refractivity contribution in [1.29, 1.82) is 0 Å². The molecule has 1 aliphatic heterocycles. The molecule has 2 aliphatic rings. The first kappa shape index (κ1) is 17.1. The van der Waals surface area contributed by atoms with E-state index >= 15 is 0 Å².